The van der Waals surface area contributed by atoms with E-state index in [2.05, 4.69) is 15.9 Å². The molecular formula is C20H17BrFeO2. The molecule has 0 saturated heterocycles. The van der Waals surface area contributed by atoms with Gasteiger partial charge in [-0.3, -0.25) is 0 Å². The van der Waals surface area contributed by atoms with Crippen LogP contribution in [0.1, 0.15) is 11.1 Å². The molecule has 0 aromatic heterocycles. The molecule has 2 nitrogen and oxygen atoms in total. The fourth-order valence-corrected chi connectivity index (χ4v) is 2.29. The predicted molar refractivity (Wildman–Crippen MR) is 96.9 cm³/mol. The van der Waals surface area contributed by atoms with Crippen molar-refractivity contribution < 1.29 is 27.3 Å². The third kappa shape index (κ3) is 5.97. The molecule has 0 atom stereocenters. The van der Waals surface area contributed by atoms with E-state index in [1.54, 1.807) is 18.2 Å². The number of allylic oxidation sites excluding steroid dienone is 7. The van der Waals surface area contributed by atoms with Crippen molar-refractivity contribution in [3.8, 4) is 5.75 Å². The minimum Gasteiger partial charge on any atom is -0.872 e. The first kappa shape index (κ1) is 20.2. The monoisotopic (exact) mass is 424 g/mol. The van der Waals surface area contributed by atoms with E-state index in [0.29, 0.717) is 5.56 Å². The number of phenols is 1. The third-order valence-electron chi connectivity index (χ3n) is 3.21. The topological polar surface area (TPSA) is 43.3 Å². The number of hydrogen-bond acceptors (Lipinski definition) is 2. The molecule has 1 aliphatic carbocycles. The normalized spacial score (nSPS) is 12.4. The van der Waals surface area contributed by atoms with Crippen molar-refractivity contribution in [2.75, 3.05) is 0 Å². The Morgan fingerprint density at radius 2 is 1.79 bits per heavy atom. The van der Waals surface area contributed by atoms with Crippen molar-refractivity contribution >= 4 is 21.7 Å². The van der Waals surface area contributed by atoms with Gasteiger partial charge in [-0.25, -0.2) is 12.1 Å². The summed E-state index contributed by atoms with van der Waals surface area (Å²) in [5.74, 6) is -0.206. The maximum absolute atomic E-state index is 12.0. The van der Waals surface area contributed by atoms with Gasteiger partial charge in [0.05, 0.1) is 0 Å². The second-order valence-corrected chi connectivity index (χ2v) is 5.85. The Kier molecular flexibility index (Phi) is 8.48. The molecule has 24 heavy (non-hydrogen) atoms. The average molecular weight is 425 g/mol. The fourth-order valence-electron chi connectivity index (χ4n) is 1.95. The molecule has 0 heterocycles. The summed E-state index contributed by atoms with van der Waals surface area (Å²) >= 11 is 3.35. The molecule has 0 unspecified atom stereocenters. The van der Waals surface area contributed by atoms with Crippen molar-refractivity contribution in [2.24, 2.45) is 0 Å². The zero-order chi connectivity index (χ0) is 16.7. The maximum atomic E-state index is 12.0. The van der Waals surface area contributed by atoms with E-state index in [-0.39, 0.29) is 28.6 Å². The van der Waals surface area contributed by atoms with Gasteiger partial charge in [-0.15, -0.1) is 0 Å². The first-order valence-electron chi connectivity index (χ1n) is 7.18. The molecule has 1 N–H and O–H groups in total. The van der Waals surface area contributed by atoms with Gasteiger partial charge in [0.1, 0.15) is 5.75 Å². The van der Waals surface area contributed by atoms with Gasteiger partial charge in [0.15, 0.2) is 0 Å². The molecule has 1 aliphatic rings. The van der Waals surface area contributed by atoms with E-state index in [1.165, 1.54) is 6.08 Å². The van der Waals surface area contributed by atoms with E-state index in [1.807, 2.05) is 61.6 Å². The standard InChI is InChI=1S/C15H13BrO2.C5H5.Fe/c1-10-8-15(18)12(9-13(10)16)14(17)7-6-11-4-2-3-5-11;1-2-4-5-3-1;/h2-9,17-18H,1H3;1-5H;/q;-1;+2/p-1. The summed E-state index contributed by atoms with van der Waals surface area (Å²) in [5.41, 5.74) is 2.16. The van der Waals surface area contributed by atoms with Crippen LogP contribution in [-0.4, -0.2) is 5.11 Å². The Morgan fingerprint density at radius 1 is 1.17 bits per heavy atom. The molecule has 124 valence electrons. The van der Waals surface area contributed by atoms with Crippen molar-refractivity contribution in [1.82, 2.24) is 0 Å². The van der Waals surface area contributed by atoms with Crippen LogP contribution in [0.3, 0.4) is 0 Å². The summed E-state index contributed by atoms with van der Waals surface area (Å²) in [6.07, 6.45) is 10.8. The second kappa shape index (κ2) is 10.1. The van der Waals surface area contributed by atoms with E-state index in [0.717, 1.165) is 15.6 Å². The Hall–Kier alpha value is -1.87. The molecule has 0 bridgehead atoms. The van der Waals surface area contributed by atoms with Gasteiger partial charge in [-0.1, -0.05) is 58.1 Å². The molecule has 2 aromatic rings. The smallest absolute Gasteiger partial charge is 0.872 e. The number of aromatic hydroxyl groups is 1. The van der Waals surface area contributed by atoms with E-state index in [4.69, 9.17) is 0 Å². The fraction of sp³-hybridized carbons (Fsp3) is 0.0500. The number of rotatable bonds is 2. The number of benzene rings is 1. The third-order valence-corrected chi connectivity index (χ3v) is 4.07. The van der Waals surface area contributed by atoms with Crippen molar-refractivity contribution in [1.29, 1.82) is 0 Å². The molecule has 0 radical (unpaired) electrons. The molecule has 0 saturated carbocycles. The number of halogens is 1. The van der Waals surface area contributed by atoms with Crippen molar-refractivity contribution in [3.05, 3.63) is 100 Å². The molecule has 4 heteroatoms. The summed E-state index contributed by atoms with van der Waals surface area (Å²) in [4.78, 5) is 0. The van der Waals surface area contributed by atoms with E-state index >= 15 is 0 Å². The van der Waals surface area contributed by atoms with Gasteiger partial charge in [-0.2, -0.15) is 18.2 Å². The van der Waals surface area contributed by atoms with Gasteiger partial charge < -0.3 is 10.2 Å². The molecule has 0 aliphatic heterocycles. The summed E-state index contributed by atoms with van der Waals surface area (Å²) in [7, 11) is 0. The van der Waals surface area contributed by atoms with Gasteiger partial charge in [0.2, 0.25) is 0 Å². The number of phenolic OH excluding ortho intramolecular Hbond substituents is 1. The molecular weight excluding hydrogens is 408 g/mol. The average Bonchev–Trinajstić information content (AvgIpc) is 3.24. The van der Waals surface area contributed by atoms with Crippen LogP contribution in [-0.2, 0) is 17.1 Å². The van der Waals surface area contributed by atoms with Gasteiger partial charge in [0.25, 0.3) is 0 Å². The van der Waals surface area contributed by atoms with Crippen LogP contribution >= 0.6 is 15.9 Å². The van der Waals surface area contributed by atoms with Crippen LogP contribution in [0.4, 0.5) is 0 Å². The Balaban J connectivity index is 0.000000412. The molecule has 0 fully saturated rings. The predicted octanol–water partition coefficient (Wildman–Crippen LogP) is 4.62. The number of aryl methyl sites for hydroxylation is 1. The zero-order valence-corrected chi connectivity index (χ0v) is 15.8. The molecule has 3 rings (SSSR count). The van der Waals surface area contributed by atoms with Crippen LogP contribution < -0.4 is 5.11 Å². The van der Waals surface area contributed by atoms with Crippen molar-refractivity contribution in [3.63, 3.8) is 0 Å². The van der Waals surface area contributed by atoms with Gasteiger partial charge >= 0.3 is 17.1 Å². The quantitative estimate of drug-likeness (QED) is 0.434. The first-order chi connectivity index (χ1) is 11.1. The van der Waals surface area contributed by atoms with Gasteiger partial charge in [0, 0.05) is 10.0 Å². The number of hydrogen-bond donors (Lipinski definition) is 1. The summed E-state index contributed by atoms with van der Waals surface area (Å²) in [5, 5.41) is 21.7. The SMILES string of the molecule is Cc1cc(O)c(C([O-])=CC=C2C=CC=C2)cc1Br.[Fe+2].c1cc[cH-]c1. The van der Waals surface area contributed by atoms with Crippen LogP contribution in [0, 0.1) is 6.92 Å². The second-order valence-electron chi connectivity index (χ2n) is 5.00. The van der Waals surface area contributed by atoms with E-state index < -0.39 is 0 Å². The Labute approximate surface area is 161 Å². The zero-order valence-electron chi connectivity index (χ0n) is 13.1. The molecule has 0 amide bonds. The molecule has 0 spiro atoms. The largest absolute Gasteiger partial charge is 2.00 e. The van der Waals surface area contributed by atoms with Crippen LogP contribution in [0.2, 0.25) is 0 Å². The van der Waals surface area contributed by atoms with Crippen LogP contribution in [0.25, 0.3) is 5.76 Å². The minimum atomic E-state index is -0.214. The van der Waals surface area contributed by atoms with Crippen LogP contribution in [0.15, 0.2) is 89.0 Å². The Morgan fingerprint density at radius 3 is 2.33 bits per heavy atom. The Bertz CT molecular complexity index is 738. The maximum Gasteiger partial charge on any atom is 2.00 e. The van der Waals surface area contributed by atoms with Crippen LogP contribution in [0.5, 0.6) is 5.75 Å². The minimum absolute atomic E-state index is 0. The summed E-state index contributed by atoms with van der Waals surface area (Å²) in [6.45, 7) is 1.86. The summed E-state index contributed by atoms with van der Waals surface area (Å²) in [6, 6.07) is 13.2. The van der Waals surface area contributed by atoms with E-state index in [9.17, 15) is 10.2 Å². The molecule has 2 aromatic carbocycles. The van der Waals surface area contributed by atoms with Crippen molar-refractivity contribution in [2.45, 2.75) is 6.92 Å². The summed E-state index contributed by atoms with van der Waals surface area (Å²) < 4.78 is 0.811. The van der Waals surface area contributed by atoms with Gasteiger partial charge in [-0.05, 0) is 30.2 Å². The first-order valence-corrected chi connectivity index (χ1v) is 7.97.